The van der Waals surface area contributed by atoms with Crippen LogP contribution in [0, 0.1) is 6.92 Å². The van der Waals surface area contributed by atoms with Crippen molar-refractivity contribution in [1.82, 2.24) is 9.78 Å². The molecule has 0 saturated carbocycles. The third-order valence-electron chi connectivity index (χ3n) is 3.21. The lowest BCUT2D eigenvalue weighted by Crippen LogP contribution is -2.21. The zero-order valence-electron chi connectivity index (χ0n) is 10.5. The molecule has 0 amide bonds. The van der Waals surface area contributed by atoms with Gasteiger partial charge in [0.15, 0.2) is 5.69 Å². The van der Waals surface area contributed by atoms with Crippen LogP contribution in [0.3, 0.4) is 0 Å². The van der Waals surface area contributed by atoms with Crippen LogP contribution in [0.25, 0.3) is 0 Å². The Morgan fingerprint density at radius 3 is 3.11 bits per heavy atom. The molecule has 0 fully saturated rings. The van der Waals surface area contributed by atoms with Crippen LogP contribution >= 0.6 is 0 Å². The molecule has 0 spiro atoms. The maximum Gasteiger partial charge on any atom is 0.356 e. The topological polar surface area (TPSA) is 64.4 Å². The SMILES string of the molecule is Cc1ccc2c(c1)CC(Cn1ccc(C(=O)O)n1)O2. The van der Waals surface area contributed by atoms with E-state index in [2.05, 4.69) is 18.1 Å². The Hall–Kier alpha value is -2.30. The minimum Gasteiger partial charge on any atom is -0.488 e. The summed E-state index contributed by atoms with van der Waals surface area (Å²) in [6.07, 6.45) is 2.51. The van der Waals surface area contributed by atoms with Crippen molar-refractivity contribution in [3.8, 4) is 5.75 Å². The van der Waals surface area contributed by atoms with Gasteiger partial charge in [0.2, 0.25) is 0 Å². The van der Waals surface area contributed by atoms with Crippen molar-refractivity contribution in [2.45, 2.75) is 26.0 Å². The van der Waals surface area contributed by atoms with Crippen molar-refractivity contribution in [2.24, 2.45) is 0 Å². The van der Waals surface area contributed by atoms with Crippen molar-refractivity contribution in [1.29, 1.82) is 0 Å². The van der Waals surface area contributed by atoms with Crippen molar-refractivity contribution in [3.05, 3.63) is 47.3 Å². The first-order valence-electron chi connectivity index (χ1n) is 6.15. The van der Waals surface area contributed by atoms with Crippen LogP contribution < -0.4 is 4.74 Å². The highest BCUT2D eigenvalue weighted by atomic mass is 16.5. The molecule has 3 rings (SSSR count). The summed E-state index contributed by atoms with van der Waals surface area (Å²) in [4.78, 5) is 10.8. The lowest BCUT2D eigenvalue weighted by atomic mass is 10.1. The van der Waals surface area contributed by atoms with E-state index in [1.165, 1.54) is 17.2 Å². The number of aryl methyl sites for hydroxylation is 1. The van der Waals surface area contributed by atoms with Gasteiger partial charge in [-0.15, -0.1) is 0 Å². The molecule has 1 unspecified atom stereocenters. The van der Waals surface area contributed by atoms with E-state index in [-0.39, 0.29) is 11.8 Å². The van der Waals surface area contributed by atoms with Crippen LogP contribution in [0.4, 0.5) is 0 Å². The van der Waals surface area contributed by atoms with Crippen molar-refractivity contribution >= 4 is 5.97 Å². The minimum absolute atomic E-state index is 0.0124. The molecular formula is C14H14N2O3. The van der Waals surface area contributed by atoms with Gasteiger partial charge in [0, 0.05) is 12.6 Å². The Labute approximate surface area is 110 Å². The number of carbonyl (C=O) groups is 1. The van der Waals surface area contributed by atoms with Crippen molar-refractivity contribution in [3.63, 3.8) is 0 Å². The summed E-state index contributed by atoms with van der Waals surface area (Å²) in [7, 11) is 0. The van der Waals surface area contributed by atoms with E-state index in [4.69, 9.17) is 9.84 Å². The first kappa shape index (κ1) is 11.8. The molecule has 5 heteroatoms. The molecular weight excluding hydrogens is 244 g/mol. The highest BCUT2D eigenvalue weighted by Crippen LogP contribution is 2.29. The summed E-state index contributed by atoms with van der Waals surface area (Å²) < 4.78 is 7.45. The summed E-state index contributed by atoms with van der Waals surface area (Å²) in [6.45, 7) is 2.61. The summed E-state index contributed by atoms with van der Waals surface area (Å²) in [6, 6.07) is 7.63. The molecule has 1 N–H and O–H groups in total. The molecule has 1 atom stereocenters. The molecule has 0 aliphatic carbocycles. The van der Waals surface area contributed by atoms with E-state index in [1.54, 1.807) is 10.9 Å². The molecule has 1 aliphatic heterocycles. The van der Waals surface area contributed by atoms with Crippen LogP contribution in [0.1, 0.15) is 21.6 Å². The quantitative estimate of drug-likeness (QED) is 0.913. The van der Waals surface area contributed by atoms with Gasteiger partial charge >= 0.3 is 5.97 Å². The van der Waals surface area contributed by atoms with E-state index in [0.717, 1.165) is 12.2 Å². The Balaban J connectivity index is 1.71. The smallest absolute Gasteiger partial charge is 0.356 e. The number of hydrogen-bond donors (Lipinski definition) is 1. The third kappa shape index (κ3) is 2.31. The van der Waals surface area contributed by atoms with Crippen LogP contribution in [0.2, 0.25) is 0 Å². The fourth-order valence-corrected chi connectivity index (χ4v) is 2.34. The first-order chi connectivity index (χ1) is 9.11. The number of fused-ring (bicyclic) bond motifs is 1. The molecule has 1 aromatic carbocycles. The van der Waals surface area contributed by atoms with E-state index in [9.17, 15) is 4.79 Å². The van der Waals surface area contributed by atoms with Gasteiger partial charge in [0.25, 0.3) is 0 Å². The van der Waals surface area contributed by atoms with Gasteiger partial charge in [-0.3, -0.25) is 4.68 Å². The second-order valence-corrected chi connectivity index (χ2v) is 4.78. The molecule has 0 saturated heterocycles. The number of aromatic nitrogens is 2. The maximum absolute atomic E-state index is 10.8. The molecule has 1 aromatic heterocycles. The predicted molar refractivity (Wildman–Crippen MR) is 68.5 cm³/mol. The number of aromatic carboxylic acids is 1. The van der Waals surface area contributed by atoms with Gasteiger partial charge in [-0.05, 0) is 24.6 Å². The van der Waals surface area contributed by atoms with E-state index in [1.807, 2.05) is 12.1 Å². The molecule has 0 bridgehead atoms. The van der Waals surface area contributed by atoms with Gasteiger partial charge in [-0.1, -0.05) is 17.7 Å². The van der Waals surface area contributed by atoms with Crippen molar-refractivity contribution < 1.29 is 14.6 Å². The zero-order chi connectivity index (χ0) is 13.4. The second kappa shape index (κ2) is 4.42. The highest BCUT2D eigenvalue weighted by molar-refractivity contribution is 5.85. The number of carboxylic acid groups (broad SMARTS) is 1. The predicted octanol–water partition coefficient (Wildman–Crippen LogP) is 1.89. The Morgan fingerprint density at radius 1 is 1.53 bits per heavy atom. The van der Waals surface area contributed by atoms with Gasteiger partial charge < -0.3 is 9.84 Å². The summed E-state index contributed by atoms with van der Waals surface area (Å²) in [5, 5.41) is 12.8. The highest BCUT2D eigenvalue weighted by Gasteiger charge is 2.23. The first-order valence-corrected chi connectivity index (χ1v) is 6.15. The second-order valence-electron chi connectivity index (χ2n) is 4.78. The van der Waals surface area contributed by atoms with E-state index in [0.29, 0.717) is 6.54 Å². The largest absolute Gasteiger partial charge is 0.488 e. The fraction of sp³-hybridized carbons (Fsp3) is 0.286. The molecule has 0 radical (unpaired) electrons. The van der Waals surface area contributed by atoms with Crippen LogP contribution in [0.15, 0.2) is 30.5 Å². The third-order valence-corrected chi connectivity index (χ3v) is 3.21. The Morgan fingerprint density at radius 2 is 2.37 bits per heavy atom. The van der Waals surface area contributed by atoms with Gasteiger partial charge in [0.1, 0.15) is 11.9 Å². The lowest BCUT2D eigenvalue weighted by molar-refractivity contribution is 0.0688. The Kier molecular flexibility index (Phi) is 2.74. The number of benzene rings is 1. The molecule has 98 valence electrons. The number of carboxylic acids is 1. The average molecular weight is 258 g/mol. The number of rotatable bonds is 3. The lowest BCUT2D eigenvalue weighted by Gasteiger charge is -2.10. The standard InChI is InChI=1S/C14H14N2O3/c1-9-2-3-13-10(6-9)7-11(19-13)8-16-5-4-12(15-16)14(17)18/h2-6,11H,7-8H2,1H3,(H,17,18). The van der Waals surface area contributed by atoms with E-state index < -0.39 is 5.97 Å². The Bertz CT molecular complexity index is 633. The molecule has 2 heterocycles. The van der Waals surface area contributed by atoms with Crippen LogP contribution in [0.5, 0.6) is 5.75 Å². The summed E-state index contributed by atoms with van der Waals surface area (Å²) in [5.41, 5.74) is 2.48. The van der Waals surface area contributed by atoms with Gasteiger partial charge in [-0.25, -0.2) is 4.79 Å². The number of nitrogens with zero attached hydrogens (tertiary/aromatic N) is 2. The summed E-state index contributed by atoms with van der Waals surface area (Å²) >= 11 is 0. The molecule has 19 heavy (non-hydrogen) atoms. The molecule has 5 nitrogen and oxygen atoms in total. The van der Waals surface area contributed by atoms with Gasteiger partial charge in [0.05, 0.1) is 6.54 Å². The van der Waals surface area contributed by atoms with Crippen molar-refractivity contribution in [2.75, 3.05) is 0 Å². The number of ether oxygens (including phenoxy) is 1. The fourth-order valence-electron chi connectivity index (χ4n) is 2.34. The van der Waals surface area contributed by atoms with Crippen LogP contribution in [-0.2, 0) is 13.0 Å². The monoisotopic (exact) mass is 258 g/mol. The maximum atomic E-state index is 10.8. The van der Waals surface area contributed by atoms with E-state index >= 15 is 0 Å². The zero-order valence-corrected chi connectivity index (χ0v) is 10.5. The average Bonchev–Trinajstić information content (AvgIpc) is 2.95. The summed E-state index contributed by atoms with van der Waals surface area (Å²) in [5.74, 6) is -0.0915. The van der Waals surface area contributed by atoms with Gasteiger partial charge in [-0.2, -0.15) is 5.10 Å². The number of hydrogen-bond acceptors (Lipinski definition) is 3. The molecule has 2 aromatic rings. The molecule has 1 aliphatic rings. The minimum atomic E-state index is -1.01. The normalized spacial score (nSPS) is 17.0. The van der Waals surface area contributed by atoms with Crippen LogP contribution in [-0.4, -0.2) is 27.0 Å².